The molecule has 2 aromatic rings. The van der Waals surface area contributed by atoms with E-state index in [-0.39, 0.29) is 5.91 Å². The van der Waals surface area contributed by atoms with Crippen molar-refractivity contribution in [2.24, 2.45) is 0 Å². The molecule has 0 spiro atoms. The third-order valence-corrected chi connectivity index (χ3v) is 2.85. The van der Waals surface area contributed by atoms with Crippen molar-refractivity contribution in [3.8, 4) is 5.75 Å². The van der Waals surface area contributed by atoms with Crippen molar-refractivity contribution < 1.29 is 9.53 Å². The molecule has 0 unspecified atom stereocenters. The molecule has 16 heavy (non-hydrogen) atoms. The number of aromatic nitrogens is 1. The van der Waals surface area contributed by atoms with Crippen LogP contribution in [-0.2, 0) is 0 Å². The van der Waals surface area contributed by atoms with Gasteiger partial charge in [0.15, 0.2) is 0 Å². The van der Waals surface area contributed by atoms with E-state index in [0.717, 1.165) is 22.0 Å². The van der Waals surface area contributed by atoms with Crippen LogP contribution >= 0.6 is 0 Å². The summed E-state index contributed by atoms with van der Waals surface area (Å²) in [5, 5.41) is 4.67. The van der Waals surface area contributed by atoms with E-state index in [2.05, 4.69) is 10.3 Å². The van der Waals surface area contributed by atoms with Crippen molar-refractivity contribution in [2.75, 3.05) is 12.4 Å². The van der Waals surface area contributed by atoms with Gasteiger partial charge < -0.3 is 10.1 Å². The van der Waals surface area contributed by atoms with E-state index in [1.165, 1.54) is 0 Å². The smallest absolute Gasteiger partial charge is 0.275 e. The second kappa shape index (κ2) is 2.95. The van der Waals surface area contributed by atoms with Gasteiger partial charge in [0.1, 0.15) is 11.4 Å². The van der Waals surface area contributed by atoms with Gasteiger partial charge in [-0.25, -0.2) is 0 Å². The van der Waals surface area contributed by atoms with Crippen molar-refractivity contribution in [1.82, 2.24) is 4.98 Å². The third-order valence-electron chi connectivity index (χ3n) is 2.85. The molecule has 1 aromatic carbocycles. The second-order valence-electron chi connectivity index (χ2n) is 3.81. The van der Waals surface area contributed by atoms with Crippen molar-refractivity contribution in [3.63, 3.8) is 0 Å². The maximum atomic E-state index is 11.7. The second-order valence-corrected chi connectivity index (χ2v) is 3.81. The zero-order chi connectivity index (χ0) is 11.3. The van der Waals surface area contributed by atoms with Gasteiger partial charge in [-0.2, -0.15) is 0 Å². The maximum absolute atomic E-state index is 11.7. The van der Waals surface area contributed by atoms with Crippen LogP contribution < -0.4 is 10.1 Å². The highest BCUT2D eigenvalue weighted by Crippen LogP contribution is 2.41. The molecule has 80 valence electrons. The minimum absolute atomic E-state index is 0.162. The van der Waals surface area contributed by atoms with Crippen LogP contribution in [0.15, 0.2) is 18.3 Å². The van der Waals surface area contributed by atoms with Crippen LogP contribution in [0.4, 0.5) is 5.69 Å². The first-order valence-electron chi connectivity index (χ1n) is 5.00. The van der Waals surface area contributed by atoms with E-state index < -0.39 is 0 Å². The monoisotopic (exact) mass is 214 g/mol. The number of pyridine rings is 1. The Morgan fingerprint density at radius 3 is 3.00 bits per heavy atom. The molecule has 0 saturated carbocycles. The zero-order valence-electron chi connectivity index (χ0n) is 9.00. The lowest BCUT2D eigenvalue weighted by atomic mass is 10.1. The van der Waals surface area contributed by atoms with Gasteiger partial charge in [-0.05, 0) is 30.0 Å². The number of carbonyl (C=O) groups excluding carboxylic acids is 1. The molecule has 1 aromatic heterocycles. The summed E-state index contributed by atoms with van der Waals surface area (Å²) in [6.07, 6.45) is 1.65. The van der Waals surface area contributed by atoms with Crippen LogP contribution in [0.3, 0.4) is 0 Å². The lowest BCUT2D eigenvalue weighted by Crippen LogP contribution is -2.06. The molecule has 1 N–H and O–H groups in total. The highest BCUT2D eigenvalue weighted by atomic mass is 16.5. The molecule has 3 rings (SSSR count). The molecule has 1 amide bonds. The maximum Gasteiger partial charge on any atom is 0.275 e. The zero-order valence-corrected chi connectivity index (χ0v) is 9.00. The van der Waals surface area contributed by atoms with Crippen molar-refractivity contribution in [2.45, 2.75) is 6.92 Å². The lowest BCUT2D eigenvalue weighted by Gasteiger charge is -2.10. The number of rotatable bonds is 1. The molecule has 4 heteroatoms. The molecule has 1 aliphatic heterocycles. The minimum atomic E-state index is -0.162. The fourth-order valence-electron chi connectivity index (χ4n) is 2.20. The van der Waals surface area contributed by atoms with E-state index in [9.17, 15) is 4.79 Å². The van der Waals surface area contributed by atoms with Crippen LogP contribution in [-0.4, -0.2) is 18.0 Å². The average molecular weight is 214 g/mol. The molecular formula is C12H10N2O2. The van der Waals surface area contributed by atoms with Crippen LogP contribution in [0, 0.1) is 6.92 Å². The van der Waals surface area contributed by atoms with Crippen LogP contribution in [0.25, 0.3) is 10.8 Å². The highest BCUT2D eigenvalue weighted by Gasteiger charge is 2.26. The van der Waals surface area contributed by atoms with Gasteiger partial charge in [-0.15, -0.1) is 0 Å². The first kappa shape index (κ1) is 9.15. The molecule has 0 aliphatic carbocycles. The van der Waals surface area contributed by atoms with Crippen LogP contribution in [0.1, 0.15) is 16.1 Å². The minimum Gasteiger partial charge on any atom is -0.494 e. The quantitative estimate of drug-likeness (QED) is 0.791. The number of benzene rings is 1. The number of nitrogens with one attached hydrogen (secondary N) is 1. The highest BCUT2D eigenvalue weighted by molar-refractivity contribution is 6.24. The molecule has 0 radical (unpaired) electrons. The number of carbonyl (C=O) groups is 1. The number of aryl methyl sites for hydroxylation is 1. The summed E-state index contributed by atoms with van der Waals surface area (Å²) in [6.45, 7) is 1.96. The largest absolute Gasteiger partial charge is 0.494 e. The first-order valence-corrected chi connectivity index (χ1v) is 5.00. The van der Waals surface area contributed by atoms with Gasteiger partial charge in [0.2, 0.25) is 0 Å². The van der Waals surface area contributed by atoms with Gasteiger partial charge in [-0.1, -0.05) is 0 Å². The topological polar surface area (TPSA) is 51.2 Å². The Hall–Kier alpha value is -2.10. The summed E-state index contributed by atoms with van der Waals surface area (Å²) in [5.41, 5.74) is 2.22. The van der Waals surface area contributed by atoms with E-state index in [1.807, 2.05) is 19.1 Å². The Bertz CT molecular complexity index is 620. The number of methoxy groups -OCH3 is 1. The van der Waals surface area contributed by atoms with E-state index in [1.54, 1.807) is 13.3 Å². The lowest BCUT2D eigenvalue weighted by molar-refractivity contribution is 0.102. The van der Waals surface area contributed by atoms with Crippen molar-refractivity contribution >= 4 is 22.4 Å². The number of nitrogens with zero attached hydrogens (tertiary/aromatic N) is 1. The molecule has 0 saturated heterocycles. The molecule has 4 nitrogen and oxygen atoms in total. The molecular weight excluding hydrogens is 204 g/mol. The van der Waals surface area contributed by atoms with E-state index >= 15 is 0 Å². The predicted molar refractivity (Wildman–Crippen MR) is 61.0 cm³/mol. The van der Waals surface area contributed by atoms with Crippen molar-refractivity contribution in [3.05, 3.63) is 29.6 Å². The molecule has 0 fully saturated rings. The Labute approximate surface area is 92.2 Å². The molecule has 0 atom stereocenters. The van der Waals surface area contributed by atoms with Gasteiger partial charge in [0.25, 0.3) is 5.91 Å². The number of anilines is 1. The van der Waals surface area contributed by atoms with Crippen molar-refractivity contribution in [1.29, 1.82) is 0 Å². The Balaban J connectivity index is 2.51. The summed E-state index contributed by atoms with van der Waals surface area (Å²) in [7, 11) is 1.60. The summed E-state index contributed by atoms with van der Waals surface area (Å²) in [4.78, 5) is 15.8. The number of amides is 1. The van der Waals surface area contributed by atoms with Crippen LogP contribution in [0.5, 0.6) is 5.75 Å². The first-order chi connectivity index (χ1) is 7.72. The summed E-state index contributed by atoms with van der Waals surface area (Å²) in [6, 6.07) is 3.90. The summed E-state index contributed by atoms with van der Waals surface area (Å²) < 4.78 is 5.31. The normalized spacial score (nSPS) is 13.0. The fourth-order valence-corrected chi connectivity index (χ4v) is 2.20. The standard InChI is InChI=1S/C12H10N2O2/c1-6-5-7-3-4-13-10-8(7)9(11(6)16-2)14-12(10)15/h3-5H,1-2H3,(H,14,15). The molecule has 2 heterocycles. The Morgan fingerprint density at radius 1 is 1.44 bits per heavy atom. The molecule has 0 bridgehead atoms. The Morgan fingerprint density at radius 2 is 2.25 bits per heavy atom. The van der Waals surface area contributed by atoms with Gasteiger partial charge in [-0.3, -0.25) is 9.78 Å². The fraction of sp³-hybridized carbons (Fsp3) is 0.167. The summed E-state index contributed by atoms with van der Waals surface area (Å²) >= 11 is 0. The number of hydrogen-bond donors (Lipinski definition) is 1. The van der Waals surface area contributed by atoms with Gasteiger partial charge in [0.05, 0.1) is 12.8 Å². The van der Waals surface area contributed by atoms with Gasteiger partial charge >= 0.3 is 0 Å². The molecule has 1 aliphatic rings. The SMILES string of the molecule is COc1c(C)cc2ccnc3c2c1NC3=O. The van der Waals surface area contributed by atoms with E-state index in [4.69, 9.17) is 4.74 Å². The predicted octanol–water partition coefficient (Wildman–Crippen LogP) is 2.12. The van der Waals surface area contributed by atoms with Gasteiger partial charge in [0, 0.05) is 11.6 Å². The van der Waals surface area contributed by atoms with E-state index in [0.29, 0.717) is 11.4 Å². The Kier molecular flexibility index (Phi) is 1.68. The number of ether oxygens (including phenoxy) is 1. The average Bonchev–Trinajstić information content (AvgIpc) is 2.59. The number of hydrogen-bond acceptors (Lipinski definition) is 3. The third kappa shape index (κ3) is 0.984. The van der Waals surface area contributed by atoms with Crippen LogP contribution in [0.2, 0.25) is 0 Å². The summed E-state index contributed by atoms with van der Waals surface area (Å²) in [5.74, 6) is 0.553.